The first-order valence-electron chi connectivity index (χ1n) is 4.11. The zero-order valence-electron chi connectivity index (χ0n) is 7.62. The van der Waals surface area contributed by atoms with Gasteiger partial charge in [-0.2, -0.15) is 0 Å². The lowest BCUT2D eigenvalue weighted by Gasteiger charge is -2.01. The Morgan fingerprint density at radius 3 is 2.54 bits per heavy atom. The van der Waals surface area contributed by atoms with Crippen molar-refractivity contribution < 1.29 is 18.3 Å². The van der Waals surface area contributed by atoms with Gasteiger partial charge in [0.05, 0.1) is 12.3 Å². The lowest BCUT2D eigenvalue weighted by atomic mass is 10.5. The van der Waals surface area contributed by atoms with Crippen LogP contribution in [0.25, 0.3) is 0 Å². The number of rotatable bonds is 7. The third kappa shape index (κ3) is 7.73. The van der Waals surface area contributed by atoms with Crippen LogP contribution in [0, 0.1) is 0 Å². The number of hydrogen-bond donors (Lipinski definition) is 2. The van der Waals surface area contributed by atoms with E-state index in [2.05, 4.69) is 5.32 Å². The second-order valence-corrected chi connectivity index (χ2v) is 5.13. The zero-order chi connectivity index (χ0) is 10.3. The number of carboxylic acids is 1. The molecule has 0 atom stereocenters. The van der Waals surface area contributed by atoms with Gasteiger partial charge in [-0.3, -0.25) is 4.79 Å². The van der Waals surface area contributed by atoms with E-state index in [1.165, 1.54) is 0 Å². The van der Waals surface area contributed by atoms with Gasteiger partial charge >= 0.3 is 5.97 Å². The molecule has 0 saturated heterocycles. The number of sulfone groups is 1. The summed E-state index contributed by atoms with van der Waals surface area (Å²) in [7, 11) is -2.91. The molecule has 13 heavy (non-hydrogen) atoms. The van der Waals surface area contributed by atoms with Gasteiger partial charge in [0.2, 0.25) is 0 Å². The first kappa shape index (κ1) is 12.4. The molecule has 6 heteroatoms. The van der Waals surface area contributed by atoms with Crippen LogP contribution >= 0.6 is 0 Å². The van der Waals surface area contributed by atoms with Crippen molar-refractivity contribution in [1.29, 1.82) is 0 Å². The molecule has 0 saturated carbocycles. The number of carboxylic acid groups (broad SMARTS) is 1. The predicted molar refractivity (Wildman–Crippen MR) is 49.5 cm³/mol. The van der Waals surface area contributed by atoms with Gasteiger partial charge in [-0.15, -0.1) is 0 Å². The number of nitrogens with one attached hydrogen (secondary N) is 1. The molecule has 0 aromatic heterocycles. The van der Waals surface area contributed by atoms with Gasteiger partial charge in [0, 0.05) is 5.75 Å². The Labute approximate surface area is 78.1 Å². The highest BCUT2D eigenvalue weighted by atomic mass is 32.2. The van der Waals surface area contributed by atoms with Crippen LogP contribution in [-0.2, 0) is 14.6 Å². The maximum atomic E-state index is 11.0. The zero-order valence-corrected chi connectivity index (χ0v) is 8.43. The molecule has 0 heterocycles. The Bertz CT molecular complexity index is 247. The topological polar surface area (TPSA) is 83.5 Å². The lowest BCUT2D eigenvalue weighted by Crippen LogP contribution is -2.25. The molecule has 0 bridgehead atoms. The fraction of sp³-hybridized carbons (Fsp3) is 0.857. The summed E-state index contributed by atoms with van der Waals surface area (Å²) < 4.78 is 21.9. The van der Waals surface area contributed by atoms with Crippen molar-refractivity contribution in [2.75, 3.05) is 24.6 Å². The predicted octanol–water partition coefficient (Wildman–Crippen LogP) is -0.515. The monoisotopic (exact) mass is 209 g/mol. The molecule has 0 radical (unpaired) electrons. The van der Waals surface area contributed by atoms with E-state index in [4.69, 9.17) is 5.11 Å². The minimum atomic E-state index is -2.91. The Balaban J connectivity index is 3.42. The molecule has 0 rings (SSSR count). The summed E-state index contributed by atoms with van der Waals surface area (Å²) >= 11 is 0. The van der Waals surface area contributed by atoms with Crippen molar-refractivity contribution in [2.45, 2.75) is 13.3 Å². The molecular formula is C7H15NO4S. The Hall–Kier alpha value is -0.620. The molecule has 0 aromatic carbocycles. The van der Waals surface area contributed by atoms with Crippen LogP contribution in [0.4, 0.5) is 0 Å². The van der Waals surface area contributed by atoms with E-state index >= 15 is 0 Å². The van der Waals surface area contributed by atoms with Crippen LogP contribution in [0.15, 0.2) is 0 Å². The molecule has 0 fully saturated rings. The van der Waals surface area contributed by atoms with Gasteiger partial charge in [0.25, 0.3) is 0 Å². The van der Waals surface area contributed by atoms with Crippen molar-refractivity contribution in [2.24, 2.45) is 0 Å². The average Bonchev–Trinajstić information content (AvgIpc) is 2.03. The van der Waals surface area contributed by atoms with E-state index < -0.39 is 15.8 Å². The molecule has 0 aliphatic carbocycles. The highest BCUT2D eigenvalue weighted by molar-refractivity contribution is 7.91. The first-order chi connectivity index (χ1) is 5.98. The summed E-state index contributed by atoms with van der Waals surface area (Å²) in [4.78, 5) is 10.0. The molecule has 0 amide bonds. The van der Waals surface area contributed by atoms with Gasteiger partial charge in [-0.05, 0) is 13.0 Å². The van der Waals surface area contributed by atoms with E-state index in [9.17, 15) is 13.2 Å². The molecule has 0 spiro atoms. The smallest absolute Gasteiger partial charge is 0.317 e. The minimum Gasteiger partial charge on any atom is -0.480 e. The van der Waals surface area contributed by atoms with E-state index in [1.807, 2.05) is 0 Å². The molecule has 5 nitrogen and oxygen atoms in total. The Morgan fingerprint density at radius 2 is 2.08 bits per heavy atom. The summed E-state index contributed by atoms with van der Waals surface area (Å²) in [6.07, 6.45) is 0.462. The Morgan fingerprint density at radius 1 is 1.46 bits per heavy atom. The maximum Gasteiger partial charge on any atom is 0.317 e. The fourth-order valence-corrected chi connectivity index (χ4v) is 1.63. The minimum absolute atomic E-state index is 0.119. The van der Waals surface area contributed by atoms with Crippen molar-refractivity contribution in [3.8, 4) is 0 Å². The highest BCUT2D eigenvalue weighted by Gasteiger charge is 2.05. The molecule has 0 aromatic rings. The second-order valence-electron chi connectivity index (χ2n) is 2.66. The molecule has 0 aliphatic heterocycles. The number of carbonyl (C=O) groups is 1. The summed E-state index contributed by atoms with van der Waals surface area (Å²) in [6, 6.07) is 0. The van der Waals surface area contributed by atoms with E-state index in [1.54, 1.807) is 6.92 Å². The van der Waals surface area contributed by atoms with Gasteiger partial charge in [0.1, 0.15) is 9.84 Å². The summed E-state index contributed by atoms with van der Waals surface area (Å²) in [5.41, 5.74) is 0. The normalized spacial score (nSPS) is 11.5. The Kier molecular flexibility index (Phi) is 5.65. The SMILES string of the molecule is CCS(=O)(=O)CCCNCC(=O)O. The summed E-state index contributed by atoms with van der Waals surface area (Å²) in [5, 5.41) is 10.9. The lowest BCUT2D eigenvalue weighted by molar-refractivity contribution is -0.135. The van der Waals surface area contributed by atoms with Gasteiger partial charge in [-0.1, -0.05) is 6.92 Å². The van der Waals surface area contributed by atoms with Crippen LogP contribution in [0.2, 0.25) is 0 Å². The fourth-order valence-electron chi connectivity index (χ4n) is 0.757. The van der Waals surface area contributed by atoms with E-state index in [0.717, 1.165) is 0 Å². The van der Waals surface area contributed by atoms with Gasteiger partial charge in [0.15, 0.2) is 0 Å². The molecule has 0 unspecified atom stereocenters. The second kappa shape index (κ2) is 5.93. The van der Waals surface area contributed by atoms with Crippen molar-refractivity contribution in [3.05, 3.63) is 0 Å². The van der Waals surface area contributed by atoms with Crippen LogP contribution in [0.3, 0.4) is 0 Å². The summed E-state index contributed by atoms with van der Waals surface area (Å²) in [5.74, 6) is -0.666. The van der Waals surface area contributed by atoms with Crippen molar-refractivity contribution >= 4 is 15.8 Å². The molecule has 2 N–H and O–H groups in total. The molecule has 78 valence electrons. The molecular weight excluding hydrogens is 194 g/mol. The first-order valence-corrected chi connectivity index (χ1v) is 5.93. The van der Waals surface area contributed by atoms with E-state index in [-0.39, 0.29) is 18.1 Å². The standard InChI is InChI=1S/C7H15NO4S/c1-2-13(11,12)5-3-4-8-6-7(9)10/h8H,2-6H2,1H3,(H,9,10). The quantitative estimate of drug-likeness (QED) is 0.551. The van der Waals surface area contributed by atoms with Crippen molar-refractivity contribution in [1.82, 2.24) is 5.32 Å². The van der Waals surface area contributed by atoms with Crippen LogP contribution in [-0.4, -0.2) is 44.1 Å². The van der Waals surface area contributed by atoms with Crippen LogP contribution in [0.5, 0.6) is 0 Å². The van der Waals surface area contributed by atoms with Gasteiger partial charge < -0.3 is 10.4 Å². The van der Waals surface area contributed by atoms with E-state index in [0.29, 0.717) is 13.0 Å². The maximum absolute atomic E-state index is 11.0. The molecule has 0 aliphatic rings. The number of hydrogen-bond acceptors (Lipinski definition) is 4. The third-order valence-corrected chi connectivity index (χ3v) is 3.32. The number of aliphatic carboxylic acids is 1. The summed E-state index contributed by atoms with van der Waals surface area (Å²) in [6.45, 7) is 1.90. The largest absolute Gasteiger partial charge is 0.480 e. The average molecular weight is 209 g/mol. The van der Waals surface area contributed by atoms with Crippen molar-refractivity contribution in [3.63, 3.8) is 0 Å². The van der Waals surface area contributed by atoms with Gasteiger partial charge in [-0.25, -0.2) is 8.42 Å². The highest BCUT2D eigenvalue weighted by Crippen LogP contribution is 1.91. The third-order valence-electron chi connectivity index (χ3n) is 1.52. The van der Waals surface area contributed by atoms with Crippen LogP contribution < -0.4 is 5.32 Å². The van der Waals surface area contributed by atoms with Crippen LogP contribution in [0.1, 0.15) is 13.3 Å².